The number of methoxy groups -OCH3 is 2. The maximum atomic E-state index is 12.0. The molecule has 0 saturated carbocycles. The molecule has 0 fully saturated rings. The van der Waals surface area contributed by atoms with Gasteiger partial charge in [0.15, 0.2) is 5.60 Å². The molecule has 0 aliphatic heterocycles. The van der Waals surface area contributed by atoms with Crippen LogP contribution in [0.5, 0.6) is 11.5 Å². The van der Waals surface area contributed by atoms with Crippen LogP contribution in [0, 0.1) is 28.6 Å². The second-order valence-corrected chi connectivity index (χ2v) is 11.1. The summed E-state index contributed by atoms with van der Waals surface area (Å²) in [6.45, 7) is 12.6. The van der Waals surface area contributed by atoms with Gasteiger partial charge in [0.1, 0.15) is 11.5 Å². The van der Waals surface area contributed by atoms with E-state index in [2.05, 4.69) is 53.4 Å². The molecule has 4 heteroatoms. The van der Waals surface area contributed by atoms with Crippen LogP contribution in [-0.2, 0) is 5.60 Å². The molecule has 0 amide bonds. The van der Waals surface area contributed by atoms with Crippen LogP contribution in [0.25, 0.3) is 0 Å². The highest BCUT2D eigenvalue weighted by molar-refractivity contribution is 5.49. The number of rotatable bonds is 4. The quantitative estimate of drug-likeness (QED) is 0.429. The van der Waals surface area contributed by atoms with Gasteiger partial charge in [-0.2, -0.15) is 0 Å². The van der Waals surface area contributed by atoms with Crippen molar-refractivity contribution in [1.29, 1.82) is 0 Å². The zero-order valence-electron chi connectivity index (χ0n) is 22.1. The van der Waals surface area contributed by atoms with Gasteiger partial charge in [-0.3, -0.25) is 0 Å². The second kappa shape index (κ2) is 9.93. The van der Waals surface area contributed by atoms with Crippen LogP contribution in [0.2, 0.25) is 0 Å². The van der Waals surface area contributed by atoms with Gasteiger partial charge >= 0.3 is 0 Å². The summed E-state index contributed by atoms with van der Waals surface area (Å²) in [5.74, 6) is 7.66. The number of hydrogen-bond acceptors (Lipinski definition) is 4. The predicted molar refractivity (Wildman–Crippen MR) is 141 cm³/mol. The lowest BCUT2D eigenvalue weighted by Crippen LogP contribution is -2.33. The van der Waals surface area contributed by atoms with Gasteiger partial charge in [-0.15, -0.1) is 0 Å². The van der Waals surface area contributed by atoms with Crippen LogP contribution in [-0.4, -0.2) is 30.5 Å². The van der Waals surface area contributed by atoms with E-state index in [1.54, 1.807) is 14.2 Å². The van der Waals surface area contributed by atoms with E-state index < -0.39 is 11.7 Å². The van der Waals surface area contributed by atoms with E-state index >= 15 is 0 Å². The second-order valence-electron chi connectivity index (χ2n) is 11.1. The average Bonchev–Trinajstić information content (AvgIpc) is 2.81. The normalized spacial score (nSPS) is 18.7. The Hall–Kier alpha value is -3.00. The van der Waals surface area contributed by atoms with Crippen molar-refractivity contribution in [2.45, 2.75) is 53.2 Å². The molecule has 0 atom stereocenters. The van der Waals surface area contributed by atoms with Gasteiger partial charge in [0.2, 0.25) is 0 Å². The van der Waals surface area contributed by atoms with E-state index in [9.17, 15) is 10.2 Å². The maximum Gasteiger partial charge on any atom is 0.176 e. The molecule has 0 unspecified atom stereocenters. The SMILES string of the molecule is COc1ccc(C(O)(C#CC2C=C(C(C)(C)C)C(O)C(C(C)(C)C)=C2)c2ccc(OC)cc2)cc1. The molecule has 2 aromatic rings. The highest BCUT2D eigenvalue weighted by Gasteiger charge is 2.35. The van der Waals surface area contributed by atoms with Gasteiger partial charge in [-0.1, -0.05) is 89.8 Å². The summed E-state index contributed by atoms with van der Waals surface area (Å²) >= 11 is 0. The van der Waals surface area contributed by atoms with Gasteiger partial charge in [0.05, 0.1) is 26.2 Å². The first-order chi connectivity index (χ1) is 16.3. The Kier molecular flexibility index (Phi) is 7.55. The molecular formula is C31H38O4. The molecule has 0 aromatic heterocycles. The summed E-state index contributed by atoms with van der Waals surface area (Å²) in [5.41, 5.74) is 1.21. The van der Waals surface area contributed by atoms with Crippen LogP contribution in [0.15, 0.2) is 71.8 Å². The summed E-state index contributed by atoms with van der Waals surface area (Å²) in [5, 5.41) is 23.1. The lowest BCUT2D eigenvalue weighted by atomic mass is 9.70. The fraction of sp³-hybridized carbons (Fsp3) is 0.419. The zero-order valence-corrected chi connectivity index (χ0v) is 22.1. The molecule has 0 spiro atoms. The van der Waals surface area contributed by atoms with Crippen molar-refractivity contribution < 1.29 is 19.7 Å². The number of allylic oxidation sites excluding steroid dienone is 2. The van der Waals surface area contributed by atoms with Crippen LogP contribution >= 0.6 is 0 Å². The number of hydrogen-bond donors (Lipinski definition) is 2. The van der Waals surface area contributed by atoms with Crippen LogP contribution < -0.4 is 9.47 Å². The molecule has 0 heterocycles. The van der Waals surface area contributed by atoms with Gasteiger partial charge in [0.25, 0.3) is 0 Å². The van der Waals surface area contributed by atoms with Gasteiger partial charge < -0.3 is 19.7 Å². The van der Waals surface area contributed by atoms with E-state index in [4.69, 9.17) is 9.47 Å². The Bertz CT molecular complexity index is 1060. The van der Waals surface area contributed by atoms with E-state index in [1.807, 2.05) is 60.7 Å². The molecule has 35 heavy (non-hydrogen) atoms. The van der Waals surface area contributed by atoms with Crippen LogP contribution in [0.3, 0.4) is 0 Å². The Morgan fingerprint density at radius 2 is 1.06 bits per heavy atom. The van der Waals surface area contributed by atoms with Crippen molar-refractivity contribution in [3.8, 4) is 23.3 Å². The van der Waals surface area contributed by atoms with Crippen molar-refractivity contribution in [2.24, 2.45) is 16.7 Å². The summed E-state index contributed by atoms with van der Waals surface area (Å²) in [6, 6.07) is 14.6. The van der Waals surface area contributed by atoms with Crippen molar-refractivity contribution in [1.82, 2.24) is 0 Å². The first kappa shape index (κ1) is 26.6. The molecule has 1 aliphatic carbocycles. The molecule has 0 bridgehead atoms. The molecule has 2 aromatic carbocycles. The Labute approximate surface area is 210 Å². The summed E-state index contributed by atoms with van der Waals surface area (Å²) < 4.78 is 10.6. The Balaban J connectivity index is 2.15. The van der Waals surface area contributed by atoms with Crippen molar-refractivity contribution >= 4 is 0 Å². The monoisotopic (exact) mass is 474 g/mol. The minimum atomic E-state index is -1.54. The fourth-order valence-electron chi connectivity index (χ4n) is 4.35. The fourth-order valence-corrected chi connectivity index (χ4v) is 4.35. The third kappa shape index (κ3) is 5.81. The standard InChI is InChI=1S/C31H38O4/c1-29(2,3)26-19-21(20-27(28(26)32)30(4,5)6)17-18-31(33,22-9-13-24(34-7)14-10-22)23-11-15-25(35-8)16-12-23/h9-16,19-21,28,32-33H,1-8H3. The van der Waals surface area contributed by atoms with Crippen molar-refractivity contribution in [3.05, 3.63) is 83.0 Å². The largest absolute Gasteiger partial charge is 0.497 e. The molecule has 0 radical (unpaired) electrons. The molecule has 1 aliphatic rings. The van der Waals surface area contributed by atoms with E-state index in [-0.39, 0.29) is 16.7 Å². The number of ether oxygens (including phenoxy) is 2. The van der Waals surface area contributed by atoms with Gasteiger partial charge in [-0.05, 0) is 46.2 Å². The van der Waals surface area contributed by atoms with Gasteiger partial charge in [0, 0.05) is 11.1 Å². The molecular weight excluding hydrogens is 436 g/mol. The summed E-state index contributed by atoms with van der Waals surface area (Å²) in [7, 11) is 3.22. The molecule has 186 valence electrons. The molecule has 4 nitrogen and oxygen atoms in total. The van der Waals surface area contributed by atoms with Crippen molar-refractivity contribution in [2.75, 3.05) is 14.2 Å². The zero-order chi connectivity index (χ0) is 26.0. The smallest absolute Gasteiger partial charge is 0.176 e. The van der Waals surface area contributed by atoms with Crippen LogP contribution in [0.4, 0.5) is 0 Å². The minimum Gasteiger partial charge on any atom is -0.497 e. The lowest BCUT2D eigenvalue weighted by molar-refractivity contribution is 0.145. The highest BCUT2D eigenvalue weighted by atomic mass is 16.5. The topological polar surface area (TPSA) is 58.9 Å². The number of aliphatic hydroxyl groups is 2. The molecule has 3 rings (SSSR count). The number of aliphatic hydroxyl groups excluding tert-OH is 1. The van der Waals surface area contributed by atoms with E-state index in [1.165, 1.54) is 0 Å². The first-order valence-electron chi connectivity index (χ1n) is 12.0. The summed E-state index contributed by atoms with van der Waals surface area (Å²) in [4.78, 5) is 0. The third-order valence-corrected chi connectivity index (χ3v) is 6.47. The Morgan fingerprint density at radius 3 is 1.37 bits per heavy atom. The van der Waals surface area contributed by atoms with E-state index in [0.717, 1.165) is 11.1 Å². The average molecular weight is 475 g/mol. The van der Waals surface area contributed by atoms with Gasteiger partial charge in [-0.25, -0.2) is 0 Å². The van der Waals surface area contributed by atoms with Crippen molar-refractivity contribution in [3.63, 3.8) is 0 Å². The predicted octanol–water partition coefficient (Wildman–Crippen LogP) is 5.88. The maximum absolute atomic E-state index is 12.0. The summed E-state index contributed by atoms with van der Waals surface area (Å²) in [6.07, 6.45) is 3.43. The third-order valence-electron chi connectivity index (χ3n) is 6.47. The minimum absolute atomic E-state index is 0.216. The lowest BCUT2D eigenvalue weighted by Gasteiger charge is -2.37. The number of benzene rings is 2. The van der Waals surface area contributed by atoms with E-state index in [0.29, 0.717) is 22.6 Å². The van der Waals surface area contributed by atoms with Crippen LogP contribution in [0.1, 0.15) is 52.7 Å². The first-order valence-corrected chi connectivity index (χ1v) is 12.0. The Morgan fingerprint density at radius 1 is 0.686 bits per heavy atom. The molecule has 2 N–H and O–H groups in total. The highest BCUT2D eigenvalue weighted by Crippen LogP contribution is 2.42. The molecule has 0 saturated heterocycles.